The first-order chi connectivity index (χ1) is 19.5. The quantitative estimate of drug-likeness (QED) is 0.172. The molecule has 8 nitrogen and oxygen atoms in total. The van der Waals surface area contributed by atoms with E-state index in [1.54, 1.807) is 63.9 Å². The number of hydrogen-bond donors (Lipinski definition) is 0. The minimum Gasteiger partial charge on any atom is -0.158 e. The first-order valence-corrected chi connectivity index (χ1v) is 15.6. The predicted molar refractivity (Wildman–Crippen MR) is 169 cm³/mol. The van der Waals surface area contributed by atoms with Gasteiger partial charge in [0.05, 0.1) is 24.3 Å². The third kappa shape index (κ3) is 6.83. The molecule has 8 aromatic rings. The molecule has 0 unspecified atom stereocenters. The highest BCUT2D eigenvalue weighted by molar-refractivity contribution is 7.18. The van der Waals surface area contributed by atoms with Crippen molar-refractivity contribution >= 4 is 86.2 Å². The van der Waals surface area contributed by atoms with Crippen molar-refractivity contribution in [3.05, 3.63) is 92.8 Å². The molecule has 40 heavy (non-hydrogen) atoms. The normalized spacial score (nSPS) is 10.5. The van der Waals surface area contributed by atoms with E-state index in [2.05, 4.69) is 78.2 Å². The Morgan fingerprint density at radius 3 is 2.02 bits per heavy atom. The Hall–Kier alpha value is -3.84. The molecule has 0 bridgehead atoms. The van der Waals surface area contributed by atoms with Crippen LogP contribution in [0.4, 0.5) is 0 Å². The highest BCUT2D eigenvalue weighted by Crippen LogP contribution is 2.22. The summed E-state index contributed by atoms with van der Waals surface area (Å²) >= 11 is 6.57. The zero-order chi connectivity index (χ0) is 27.9. The van der Waals surface area contributed by atoms with E-state index in [4.69, 9.17) is 0 Å². The zero-order valence-electron chi connectivity index (χ0n) is 22.1. The first-order valence-electron chi connectivity index (χ1n) is 12.1. The predicted octanol–water partition coefficient (Wildman–Crippen LogP) is 8.00. The number of rotatable bonds is 0. The number of aryl methyl sites for hydroxylation is 4. The third-order valence-corrected chi connectivity index (χ3v) is 9.15. The van der Waals surface area contributed by atoms with Crippen molar-refractivity contribution in [3.8, 4) is 0 Å². The van der Waals surface area contributed by atoms with Crippen LogP contribution in [-0.4, -0.2) is 40.8 Å². The maximum atomic E-state index is 4.01. The lowest BCUT2D eigenvalue weighted by Crippen LogP contribution is -1.82. The van der Waals surface area contributed by atoms with E-state index in [9.17, 15) is 0 Å². The van der Waals surface area contributed by atoms with Gasteiger partial charge in [-0.1, -0.05) is 0 Å². The lowest BCUT2D eigenvalue weighted by molar-refractivity contribution is 1.03. The molecule has 8 aromatic heterocycles. The lowest BCUT2D eigenvalue weighted by Gasteiger charge is -1.89. The lowest BCUT2D eigenvalue weighted by atomic mass is 10.2. The number of aromatic nitrogens is 8. The standard InChI is InChI=1S/4C7H6N2S/c1-5-4-8-9-7-6(5)2-3-10-7;1-5-4-10-7-6(5)2-3-8-9-7;1-5-4-6-2-3-10-7(6)9-8-5;1-5-4-6-2-3-8-9-7(6)10-5/h4*2-4H,1H3. The molecule has 0 amide bonds. The highest BCUT2D eigenvalue weighted by Gasteiger charge is 1.99. The van der Waals surface area contributed by atoms with Crippen LogP contribution < -0.4 is 0 Å². The Kier molecular flexibility index (Phi) is 9.01. The monoisotopic (exact) mass is 600 g/mol. The van der Waals surface area contributed by atoms with Crippen LogP contribution >= 0.6 is 45.3 Å². The molecule has 12 heteroatoms. The third-order valence-electron chi connectivity index (χ3n) is 5.60. The molecular weight excluding hydrogens is 577 g/mol. The molecule has 0 fully saturated rings. The smallest absolute Gasteiger partial charge is 0.146 e. The van der Waals surface area contributed by atoms with Gasteiger partial charge >= 0.3 is 0 Å². The SMILES string of the molecule is Cc1cc2ccnnc2s1.Cc1cc2ccsc2nn1.Cc1cnnc2sccc12.Cc1csc2nnccc12. The molecule has 8 rings (SSSR count). The molecule has 200 valence electrons. The van der Waals surface area contributed by atoms with E-state index in [-0.39, 0.29) is 0 Å². The molecule has 0 aliphatic rings. The van der Waals surface area contributed by atoms with Gasteiger partial charge in [-0.15, -0.1) is 65.7 Å². The van der Waals surface area contributed by atoms with E-state index in [1.165, 1.54) is 37.5 Å². The van der Waals surface area contributed by atoms with Crippen molar-refractivity contribution in [2.45, 2.75) is 27.7 Å². The fraction of sp³-hybridized carbons (Fsp3) is 0.143. The van der Waals surface area contributed by atoms with Crippen LogP contribution in [-0.2, 0) is 0 Å². The fourth-order valence-corrected chi connectivity index (χ4v) is 6.80. The van der Waals surface area contributed by atoms with Gasteiger partial charge in [-0.2, -0.15) is 20.4 Å². The summed E-state index contributed by atoms with van der Waals surface area (Å²) < 4.78 is 0. The fourth-order valence-electron chi connectivity index (χ4n) is 3.63. The largest absolute Gasteiger partial charge is 0.158 e. The molecule has 0 saturated heterocycles. The number of thiophene rings is 4. The van der Waals surface area contributed by atoms with Crippen molar-refractivity contribution in [2.24, 2.45) is 0 Å². The Morgan fingerprint density at radius 1 is 0.550 bits per heavy atom. The molecule has 0 N–H and O–H groups in total. The van der Waals surface area contributed by atoms with Crippen LogP contribution in [0.1, 0.15) is 21.7 Å². The van der Waals surface area contributed by atoms with Gasteiger partial charge in [0.2, 0.25) is 0 Å². The van der Waals surface area contributed by atoms with Crippen LogP contribution in [0.25, 0.3) is 40.9 Å². The summed E-state index contributed by atoms with van der Waals surface area (Å²) in [4.78, 5) is 5.39. The Labute approximate surface area is 246 Å². The summed E-state index contributed by atoms with van der Waals surface area (Å²) in [5.41, 5.74) is 3.46. The molecular formula is C28H24N8S4. The van der Waals surface area contributed by atoms with Crippen LogP contribution in [0.5, 0.6) is 0 Å². The summed E-state index contributed by atoms with van der Waals surface area (Å²) in [7, 11) is 0. The van der Waals surface area contributed by atoms with Crippen LogP contribution in [0.3, 0.4) is 0 Å². The maximum Gasteiger partial charge on any atom is 0.146 e. The van der Waals surface area contributed by atoms with E-state index < -0.39 is 0 Å². The van der Waals surface area contributed by atoms with Gasteiger partial charge in [0.15, 0.2) is 0 Å². The van der Waals surface area contributed by atoms with E-state index in [0.717, 1.165) is 25.0 Å². The Bertz CT molecular complexity index is 1940. The molecule has 0 spiro atoms. The van der Waals surface area contributed by atoms with Crippen molar-refractivity contribution in [1.29, 1.82) is 0 Å². The summed E-state index contributed by atoms with van der Waals surface area (Å²) in [6.07, 6.45) is 5.23. The van der Waals surface area contributed by atoms with Crippen molar-refractivity contribution in [1.82, 2.24) is 40.8 Å². The van der Waals surface area contributed by atoms with Gasteiger partial charge in [-0.05, 0) is 91.4 Å². The van der Waals surface area contributed by atoms with Gasteiger partial charge in [-0.3, -0.25) is 0 Å². The minimum absolute atomic E-state index is 0.978. The van der Waals surface area contributed by atoms with Crippen molar-refractivity contribution < 1.29 is 0 Å². The summed E-state index contributed by atoms with van der Waals surface area (Å²) in [5, 5.41) is 42.3. The van der Waals surface area contributed by atoms with Crippen LogP contribution in [0.2, 0.25) is 0 Å². The number of hydrogen-bond acceptors (Lipinski definition) is 12. The van der Waals surface area contributed by atoms with Gasteiger partial charge in [0.1, 0.15) is 19.3 Å². The Morgan fingerprint density at radius 2 is 1.23 bits per heavy atom. The van der Waals surface area contributed by atoms with Gasteiger partial charge < -0.3 is 0 Å². The number of fused-ring (bicyclic) bond motifs is 4. The van der Waals surface area contributed by atoms with E-state index in [0.29, 0.717) is 0 Å². The second-order valence-corrected chi connectivity index (χ2v) is 12.5. The van der Waals surface area contributed by atoms with E-state index >= 15 is 0 Å². The van der Waals surface area contributed by atoms with Gasteiger partial charge in [0.25, 0.3) is 0 Å². The second-order valence-electron chi connectivity index (χ2n) is 8.65. The van der Waals surface area contributed by atoms with E-state index in [1.807, 2.05) is 42.8 Å². The van der Waals surface area contributed by atoms with Crippen LogP contribution in [0.15, 0.2) is 71.1 Å². The topological polar surface area (TPSA) is 103 Å². The van der Waals surface area contributed by atoms with Crippen LogP contribution in [0, 0.1) is 27.7 Å². The first kappa shape index (κ1) is 27.7. The second kappa shape index (κ2) is 13.0. The molecule has 0 aliphatic heterocycles. The average molecular weight is 601 g/mol. The minimum atomic E-state index is 0.978. The molecule has 0 saturated carbocycles. The van der Waals surface area contributed by atoms with Crippen molar-refractivity contribution in [2.75, 3.05) is 0 Å². The highest BCUT2D eigenvalue weighted by atomic mass is 32.1. The average Bonchev–Trinajstić information content (AvgIpc) is 3.76. The molecule has 0 aliphatic carbocycles. The molecule has 8 heterocycles. The Balaban J connectivity index is 0.000000108. The molecule has 0 atom stereocenters. The molecule has 0 aromatic carbocycles. The number of nitrogens with zero attached hydrogens (tertiary/aromatic N) is 8. The van der Waals surface area contributed by atoms with Crippen molar-refractivity contribution in [3.63, 3.8) is 0 Å². The summed E-state index contributed by atoms with van der Waals surface area (Å²) in [6, 6.07) is 12.3. The summed E-state index contributed by atoms with van der Waals surface area (Å²) in [5.74, 6) is 0. The van der Waals surface area contributed by atoms with Gasteiger partial charge in [-0.25, -0.2) is 0 Å². The molecule has 0 radical (unpaired) electrons. The summed E-state index contributed by atoms with van der Waals surface area (Å²) in [6.45, 7) is 8.15. The van der Waals surface area contributed by atoms with Gasteiger partial charge in [0, 0.05) is 26.4 Å². The zero-order valence-corrected chi connectivity index (χ0v) is 25.4. The maximum absolute atomic E-state index is 4.01.